The first-order valence-corrected chi connectivity index (χ1v) is 10.5. The lowest BCUT2D eigenvalue weighted by Gasteiger charge is -2.20. The van der Waals surface area contributed by atoms with Crippen LogP contribution in [-0.4, -0.2) is 39.0 Å². The quantitative estimate of drug-likeness (QED) is 0.540. The fraction of sp³-hybridized carbons (Fsp3) is 0.435. The Morgan fingerprint density at radius 1 is 1.10 bits per heavy atom. The van der Waals surface area contributed by atoms with Crippen LogP contribution in [0.25, 0.3) is 0 Å². The molecule has 0 bridgehead atoms. The molecule has 2 heterocycles. The van der Waals surface area contributed by atoms with Crippen LogP contribution in [-0.2, 0) is 30.6 Å². The molecule has 4 rings (SSSR count). The third-order valence-electron chi connectivity index (χ3n) is 5.21. The van der Waals surface area contributed by atoms with Crippen molar-refractivity contribution < 1.29 is 18.6 Å². The lowest BCUT2D eigenvalue weighted by atomic mass is 10.1. The first kappa shape index (κ1) is 20.5. The molecule has 0 saturated carbocycles. The SMILES string of the molecule is CCNC(=NCCc1cc(F)cc2c1OCOC2)NCCc1ccc2c(c1)CCO2. The molecule has 0 aromatic heterocycles. The van der Waals surface area contributed by atoms with Crippen molar-refractivity contribution in [2.24, 2.45) is 4.99 Å². The molecule has 160 valence electrons. The summed E-state index contributed by atoms with van der Waals surface area (Å²) >= 11 is 0. The van der Waals surface area contributed by atoms with Crippen molar-refractivity contribution in [2.45, 2.75) is 32.8 Å². The molecule has 2 N–H and O–H groups in total. The number of halogens is 1. The largest absolute Gasteiger partial charge is 0.493 e. The van der Waals surface area contributed by atoms with Gasteiger partial charge in [0.15, 0.2) is 12.8 Å². The summed E-state index contributed by atoms with van der Waals surface area (Å²) in [6.45, 7) is 5.48. The molecule has 2 aromatic carbocycles. The van der Waals surface area contributed by atoms with Gasteiger partial charge in [-0.3, -0.25) is 4.99 Å². The minimum Gasteiger partial charge on any atom is -0.493 e. The van der Waals surface area contributed by atoms with Crippen molar-refractivity contribution >= 4 is 5.96 Å². The molecule has 0 amide bonds. The lowest BCUT2D eigenvalue weighted by Crippen LogP contribution is -2.38. The molecule has 0 aliphatic carbocycles. The number of hydrogen-bond acceptors (Lipinski definition) is 4. The molecule has 7 heteroatoms. The van der Waals surface area contributed by atoms with Gasteiger partial charge < -0.3 is 24.8 Å². The fourth-order valence-corrected chi connectivity index (χ4v) is 3.79. The molecule has 0 spiro atoms. The average molecular weight is 413 g/mol. The number of rotatable bonds is 7. The monoisotopic (exact) mass is 413 g/mol. The fourth-order valence-electron chi connectivity index (χ4n) is 3.79. The Morgan fingerprint density at radius 2 is 2.03 bits per heavy atom. The van der Waals surface area contributed by atoms with Gasteiger partial charge in [0.25, 0.3) is 0 Å². The summed E-state index contributed by atoms with van der Waals surface area (Å²) in [6, 6.07) is 9.40. The van der Waals surface area contributed by atoms with Gasteiger partial charge in [-0.05, 0) is 54.7 Å². The Labute approximate surface area is 176 Å². The van der Waals surface area contributed by atoms with Crippen molar-refractivity contribution in [1.29, 1.82) is 0 Å². The van der Waals surface area contributed by atoms with E-state index in [1.807, 2.05) is 6.92 Å². The molecule has 0 fully saturated rings. The number of guanidine groups is 1. The third-order valence-corrected chi connectivity index (χ3v) is 5.21. The van der Waals surface area contributed by atoms with Gasteiger partial charge in [0.1, 0.15) is 17.3 Å². The summed E-state index contributed by atoms with van der Waals surface area (Å²) in [4.78, 5) is 4.64. The molecule has 2 aliphatic heterocycles. The maximum atomic E-state index is 13.9. The minimum atomic E-state index is -0.272. The molecule has 0 atom stereocenters. The Bertz CT molecular complexity index is 917. The zero-order chi connectivity index (χ0) is 20.8. The second kappa shape index (κ2) is 9.80. The normalized spacial score (nSPS) is 15.1. The van der Waals surface area contributed by atoms with E-state index in [1.165, 1.54) is 23.3 Å². The third kappa shape index (κ3) is 5.02. The first-order chi connectivity index (χ1) is 14.7. The lowest BCUT2D eigenvalue weighted by molar-refractivity contribution is -0.0172. The van der Waals surface area contributed by atoms with Crippen molar-refractivity contribution in [3.8, 4) is 11.5 Å². The summed E-state index contributed by atoms with van der Waals surface area (Å²) in [7, 11) is 0. The van der Waals surface area contributed by atoms with Crippen LogP contribution in [0.5, 0.6) is 11.5 Å². The number of nitrogens with one attached hydrogen (secondary N) is 2. The number of fused-ring (bicyclic) bond motifs is 2. The maximum Gasteiger partial charge on any atom is 0.191 e. The zero-order valence-electron chi connectivity index (χ0n) is 17.3. The number of ether oxygens (including phenoxy) is 3. The topological polar surface area (TPSA) is 64.1 Å². The van der Waals surface area contributed by atoms with Gasteiger partial charge in [-0.2, -0.15) is 0 Å². The van der Waals surface area contributed by atoms with Gasteiger partial charge in [-0.25, -0.2) is 4.39 Å². The van der Waals surface area contributed by atoms with Crippen LogP contribution in [0.2, 0.25) is 0 Å². The summed E-state index contributed by atoms with van der Waals surface area (Å²) < 4.78 is 30.3. The molecule has 2 aromatic rings. The molecule has 2 aliphatic rings. The second-order valence-corrected chi connectivity index (χ2v) is 7.39. The van der Waals surface area contributed by atoms with Crippen molar-refractivity contribution in [2.75, 3.05) is 33.0 Å². The van der Waals surface area contributed by atoms with E-state index in [0.717, 1.165) is 61.1 Å². The van der Waals surface area contributed by atoms with Crippen molar-refractivity contribution in [3.63, 3.8) is 0 Å². The van der Waals surface area contributed by atoms with Gasteiger partial charge >= 0.3 is 0 Å². The molecular weight excluding hydrogens is 385 g/mol. The first-order valence-electron chi connectivity index (χ1n) is 10.5. The van der Waals surface area contributed by atoms with Gasteiger partial charge in [-0.1, -0.05) is 12.1 Å². The van der Waals surface area contributed by atoms with Crippen molar-refractivity contribution in [1.82, 2.24) is 10.6 Å². The Balaban J connectivity index is 1.32. The average Bonchev–Trinajstić information content (AvgIpc) is 3.21. The molecule has 0 unspecified atom stereocenters. The van der Waals surface area contributed by atoms with Crippen LogP contribution in [0, 0.1) is 5.82 Å². The molecule has 6 nitrogen and oxygen atoms in total. The van der Waals surface area contributed by atoms with E-state index in [0.29, 0.717) is 19.6 Å². The number of hydrogen-bond donors (Lipinski definition) is 2. The van der Waals surface area contributed by atoms with Crippen LogP contribution in [0.4, 0.5) is 4.39 Å². The highest BCUT2D eigenvalue weighted by molar-refractivity contribution is 5.79. The van der Waals surface area contributed by atoms with Crippen LogP contribution in [0.3, 0.4) is 0 Å². The van der Waals surface area contributed by atoms with E-state index < -0.39 is 0 Å². The number of nitrogens with zero attached hydrogens (tertiary/aromatic N) is 1. The van der Waals surface area contributed by atoms with Crippen LogP contribution >= 0.6 is 0 Å². The van der Waals surface area contributed by atoms with E-state index in [1.54, 1.807) is 0 Å². The second-order valence-electron chi connectivity index (χ2n) is 7.39. The zero-order valence-corrected chi connectivity index (χ0v) is 17.3. The van der Waals surface area contributed by atoms with Crippen LogP contribution in [0.15, 0.2) is 35.3 Å². The standard InChI is InChI=1S/C23H28FN3O3/c1-2-25-23(26-8-5-16-3-4-21-17(11-16)7-10-29-21)27-9-6-18-12-20(24)13-19-14-28-15-30-22(18)19/h3-4,11-13H,2,5-10,14-15H2,1H3,(H2,25,26,27). The summed E-state index contributed by atoms with van der Waals surface area (Å²) in [5, 5.41) is 6.64. The highest BCUT2D eigenvalue weighted by Gasteiger charge is 2.16. The van der Waals surface area contributed by atoms with Gasteiger partial charge in [-0.15, -0.1) is 0 Å². The summed E-state index contributed by atoms with van der Waals surface area (Å²) in [5.74, 6) is 2.23. The Morgan fingerprint density at radius 3 is 2.93 bits per heavy atom. The van der Waals surface area contributed by atoms with E-state index in [2.05, 4.69) is 33.8 Å². The Kier molecular flexibility index (Phi) is 6.69. The van der Waals surface area contributed by atoms with E-state index >= 15 is 0 Å². The van der Waals surface area contributed by atoms with Crippen LogP contribution < -0.4 is 20.1 Å². The summed E-state index contributed by atoms with van der Waals surface area (Å²) in [5.41, 5.74) is 4.16. The molecule has 30 heavy (non-hydrogen) atoms. The number of aliphatic imine (C=N–C) groups is 1. The smallest absolute Gasteiger partial charge is 0.191 e. The number of benzene rings is 2. The molecule has 0 radical (unpaired) electrons. The van der Waals surface area contributed by atoms with Crippen LogP contribution in [0.1, 0.15) is 29.2 Å². The predicted octanol–water partition coefficient (Wildman–Crippen LogP) is 2.97. The summed E-state index contributed by atoms with van der Waals surface area (Å²) in [6.07, 6.45) is 2.49. The molecular formula is C23H28FN3O3. The van der Waals surface area contributed by atoms with E-state index in [9.17, 15) is 4.39 Å². The van der Waals surface area contributed by atoms with Gasteiger partial charge in [0.05, 0.1) is 13.2 Å². The van der Waals surface area contributed by atoms with Gasteiger partial charge in [0.2, 0.25) is 0 Å². The van der Waals surface area contributed by atoms with Gasteiger partial charge in [0, 0.05) is 31.6 Å². The molecule has 0 saturated heterocycles. The predicted molar refractivity (Wildman–Crippen MR) is 114 cm³/mol. The Hall–Kier alpha value is -2.80. The highest BCUT2D eigenvalue weighted by atomic mass is 19.1. The highest BCUT2D eigenvalue weighted by Crippen LogP contribution is 2.29. The maximum absolute atomic E-state index is 13.9. The van der Waals surface area contributed by atoms with E-state index in [4.69, 9.17) is 14.2 Å². The van der Waals surface area contributed by atoms with Crippen molar-refractivity contribution in [3.05, 3.63) is 58.4 Å². The van der Waals surface area contributed by atoms with E-state index in [-0.39, 0.29) is 12.6 Å². The minimum absolute atomic E-state index is 0.202.